The molecule has 2 N–H and O–H groups in total. The standard InChI is InChI=1S/C23H46N2O4S2/c1-8-24-20(26)10-9-15-28-23(6,7)13-16-29-22(4,5)12-14-25-21(27)11-17-30-31-18-19(2)3/h19H,8-18H2,1-7H3,(H,24,26)(H,25,27). The molecule has 0 heterocycles. The molecule has 31 heavy (non-hydrogen) atoms. The molecule has 0 aromatic heterocycles. The fraction of sp³-hybridized carbons (Fsp3) is 0.913. The highest BCUT2D eigenvalue weighted by Gasteiger charge is 2.23. The first-order valence-electron chi connectivity index (χ1n) is 11.5. The van der Waals surface area contributed by atoms with Gasteiger partial charge in [-0.1, -0.05) is 35.4 Å². The van der Waals surface area contributed by atoms with E-state index in [1.54, 1.807) is 10.8 Å². The molecule has 6 nitrogen and oxygen atoms in total. The predicted octanol–water partition coefficient (Wildman–Crippen LogP) is 4.82. The van der Waals surface area contributed by atoms with Crippen molar-refractivity contribution in [2.24, 2.45) is 5.92 Å². The van der Waals surface area contributed by atoms with Gasteiger partial charge < -0.3 is 20.1 Å². The van der Waals surface area contributed by atoms with Gasteiger partial charge in [0.05, 0.1) is 17.8 Å². The lowest BCUT2D eigenvalue weighted by Crippen LogP contribution is -2.35. The average Bonchev–Trinajstić information content (AvgIpc) is 2.64. The molecule has 0 spiro atoms. The van der Waals surface area contributed by atoms with Crippen LogP contribution in [0, 0.1) is 5.92 Å². The normalized spacial score (nSPS) is 12.3. The molecular formula is C23H46N2O4S2. The molecule has 8 heteroatoms. The third kappa shape index (κ3) is 19.9. The number of nitrogens with one attached hydrogen (secondary N) is 2. The summed E-state index contributed by atoms with van der Waals surface area (Å²) < 4.78 is 12.0. The van der Waals surface area contributed by atoms with E-state index in [1.807, 2.05) is 31.6 Å². The Bertz CT molecular complexity index is 500. The number of carbonyl (C=O) groups is 2. The number of ether oxygens (including phenoxy) is 2. The summed E-state index contributed by atoms with van der Waals surface area (Å²) in [6.07, 6.45) is 3.31. The first kappa shape index (κ1) is 30.6. The minimum atomic E-state index is -0.302. The maximum atomic E-state index is 12.0. The van der Waals surface area contributed by atoms with Crippen LogP contribution in [0.25, 0.3) is 0 Å². The lowest BCUT2D eigenvalue weighted by molar-refractivity contribution is -0.122. The van der Waals surface area contributed by atoms with Crippen LogP contribution < -0.4 is 10.6 Å². The van der Waals surface area contributed by atoms with E-state index in [1.165, 1.54) is 0 Å². The van der Waals surface area contributed by atoms with Gasteiger partial charge in [-0.05, 0) is 59.8 Å². The van der Waals surface area contributed by atoms with E-state index in [0.29, 0.717) is 45.1 Å². The molecular weight excluding hydrogens is 432 g/mol. The second-order valence-electron chi connectivity index (χ2n) is 9.37. The van der Waals surface area contributed by atoms with Crippen molar-refractivity contribution in [2.45, 2.75) is 91.8 Å². The third-order valence-electron chi connectivity index (χ3n) is 4.56. The summed E-state index contributed by atoms with van der Waals surface area (Å²) >= 11 is 0. The first-order chi connectivity index (χ1) is 14.5. The molecule has 0 aliphatic rings. The molecule has 0 aromatic rings. The highest BCUT2D eigenvalue weighted by molar-refractivity contribution is 8.76. The minimum Gasteiger partial charge on any atom is -0.375 e. The summed E-state index contributed by atoms with van der Waals surface area (Å²) in [4.78, 5) is 23.4. The van der Waals surface area contributed by atoms with Crippen molar-refractivity contribution in [1.29, 1.82) is 0 Å². The van der Waals surface area contributed by atoms with Crippen molar-refractivity contribution in [3.05, 3.63) is 0 Å². The summed E-state index contributed by atoms with van der Waals surface area (Å²) in [5, 5.41) is 5.79. The predicted molar refractivity (Wildman–Crippen MR) is 135 cm³/mol. The zero-order valence-electron chi connectivity index (χ0n) is 20.8. The molecule has 0 saturated carbocycles. The van der Waals surface area contributed by atoms with Crippen LogP contribution in [0.1, 0.15) is 80.6 Å². The van der Waals surface area contributed by atoms with Crippen molar-refractivity contribution in [1.82, 2.24) is 10.6 Å². The van der Waals surface area contributed by atoms with E-state index in [4.69, 9.17) is 9.47 Å². The summed E-state index contributed by atoms with van der Waals surface area (Å²) in [6, 6.07) is 0. The number of carbonyl (C=O) groups excluding carboxylic acids is 2. The van der Waals surface area contributed by atoms with Crippen LogP contribution in [-0.4, -0.2) is 60.8 Å². The van der Waals surface area contributed by atoms with Crippen LogP contribution in [0.15, 0.2) is 0 Å². The largest absolute Gasteiger partial charge is 0.375 e. The van der Waals surface area contributed by atoms with Gasteiger partial charge in [-0.3, -0.25) is 9.59 Å². The van der Waals surface area contributed by atoms with Gasteiger partial charge in [0.2, 0.25) is 11.8 Å². The first-order valence-corrected chi connectivity index (χ1v) is 14.0. The van der Waals surface area contributed by atoms with Crippen molar-refractivity contribution >= 4 is 33.4 Å². The Hall–Kier alpha value is -0.440. The van der Waals surface area contributed by atoms with Gasteiger partial charge in [-0.25, -0.2) is 0 Å². The van der Waals surface area contributed by atoms with Crippen molar-refractivity contribution in [2.75, 3.05) is 37.8 Å². The van der Waals surface area contributed by atoms with Crippen LogP contribution in [-0.2, 0) is 19.1 Å². The Morgan fingerprint density at radius 1 is 0.871 bits per heavy atom. The molecule has 0 bridgehead atoms. The van der Waals surface area contributed by atoms with Gasteiger partial charge >= 0.3 is 0 Å². The fourth-order valence-corrected chi connectivity index (χ4v) is 5.02. The Balaban J connectivity index is 3.88. The minimum absolute atomic E-state index is 0.0739. The van der Waals surface area contributed by atoms with E-state index in [2.05, 4.69) is 38.3 Å². The molecule has 0 unspecified atom stereocenters. The van der Waals surface area contributed by atoms with Crippen LogP contribution in [0.4, 0.5) is 0 Å². The molecule has 2 amide bonds. The van der Waals surface area contributed by atoms with E-state index < -0.39 is 0 Å². The quantitative estimate of drug-likeness (QED) is 0.205. The molecule has 0 rings (SSSR count). The lowest BCUT2D eigenvalue weighted by Gasteiger charge is -2.30. The molecule has 0 atom stereocenters. The summed E-state index contributed by atoms with van der Waals surface area (Å²) in [5.41, 5.74) is -0.597. The highest BCUT2D eigenvalue weighted by Crippen LogP contribution is 2.24. The molecule has 184 valence electrons. The second kappa shape index (κ2) is 17.1. The summed E-state index contributed by atoms with van der Waals surface area (Å²) in [6.45, 7) is 17.0. The second-order valence-corrected chi connectivity index (χ2v) is 12.0. The van der Waals surface area contributed by atoms with Crippen molar-refractivity contribution < 1.29 is 19.1 Å². The van der Waals surface area contributed by atoms with E-state index >= 15 is 0 Å². The van der Waals surface area contributed by atoms with Crippen molar-refractivity contribution in [3.8, 4) is 0 Å². The fourth-order valence-electron chi connectivity index (χ4n) is 2.55. The zero-order valence-corrected chi connectivity index (χ0v) is 22.4. The van der Waals surface area contributed by atoms with Gasteiger partial charge in [-0.15, -0.1) is 0 Å². The number of hydrogen-bond acceptors (Lipinski definition) is 6. The molecule has 0 fully saturated rings. The number of hydrogen-bond donors (Lipinski definition) is 2. The van der Waals surface area contributed by atoms with Gasteiger partial charge in [-0.2, -0.15) is 0 Å². The Morgan fingerprint density at radius 3 is 2.13 bits per heavy atom. The van der Waals surface area contributed by atoms with Crippen LogP contribution in [0.2, 0.25) is 0 Å². The molecule has 0 aliphatic carbocycles. The van der Waals surface area contributed by atoms with E-state index in [-0.39, 0.29) is 23.0 Å². The summed E-state index contributed by atoms with van der Waals surface area (Å²) in [5.74, 6) is 2.84. The molecule has 0 saturated heterocycles. The Kier molecular flexibility index (Phi) is 16.8. The van der Waals surface area contributed by atoms with Gasteiger partial charge in [0.15, 0.2) is 0 Å². The van der Waals surface area contributed by atoms with Crippen LogP contribution in [0.3, 0.4) is 0 Å². The van der Waals surface area contributed by atoms with Gasteiger partial charge in [0, 0.05) is 44.0 Å². The van der Waals surface area contributed by atoms with Gasteiger partial charge in [0.1, 0.15) is 0 Å². The molecule has 0 radical (unpaired) electrons. The third-order valence-corrected chi connectivity index (χ3v) is 7.31. The SMILES string of the molecule is CCNC(=O)CCCOC(C)(C)CCOC(C)(C)CCNC(=O)CCSSCC(C)C. The number of rotatable bonds is 19. The van der Waals surface area contributed by atoms with E-state index in [0.717, 1.165) is 30.8 Å². The maximum absolute atomic E-state index is 12.0. The molecule has 0 aliphatic heterocycles. The molecule has 0 aromatic carbocycles. The van der Waals surface area contributed by atoms with Gasteiger partial charge in [0.25, 0.3) is 0 Å². The van der Waals surface area contributed by atoms with Crippen LogP contribution >= 0.6 is 21.6 Å². The Morgan fingerprint density at radius 2 is 1.48 bits per heavy atom. The average molecular weight is 479 g/mol. The maximum Gasteiger partial charge on any atom is 0.220 e. The monoisotopic (exact) mass is 478 g/mol. The van der Waals surface area contributed by atoms with Crippen LogP contribution in [0.5, 0.6) is 0 Å². The zero-order chi connectivity index (χ0) is 23.8. The summed E-state index contributed by atoms with van der Waals surface area (Å²) in [7, 11) is 3.61. The van der Waals surface area contributed by atoms with E-state index in [9.17, 15) is 9.59 Å². The smallest absolute Gasteiger partial charge is 0.220 e. The Labute approximate surface area is 198 Å². The lowest BCUT2D eigenvalue weighted by atomic mass is 10.0. The highest BCUT2D eigenvalue weighted by atomic mass is 33.1. The number of amides is 2. The van der Waals surface area contributed by atoms with Crippen molar-refractivity contribution in [3.63, 3.8) is 0 Å². The topological polar surface area (TPSA) is 76.7 Å².